The molecule has 2 amide bonds. The largest absolute Gasteiger partial charge is 0.495 e. The molecule has 218 valence electrons. The molecule has 0 radical (unpaired) electrons. The van der Waals surface area contributed by atoms with E-state index < -0.39 is 35.9 Å². The van der Waals surface area contributed by atoms with E-state index in [2.05, 4.69) is 5.32 Å². The van der Waals surface area contributed by atoms with Crippen LogP contribution >= 0.6 is 0 Å². The fourth-order valence-electron chi connectivity index (χ4n) is 5.82. The third-order valence-electron chi connectivity index (χ3n) is 8.71. The highest BCUT2D eigenvalue weighted by Crippen LogP contribution is 2.42. The Morgan fingerprint density at radius 1 is 1.10 bits per heavy atom. The van der Waals surface area contributed by atoms with Gasteiger partial charge in [0.1, 0.15) is 11.4 Å². The highest BCUT2D eigenvalue weighted by molar-refractivity contribution is 6.63. The van der Waals surface area contributed by atoms with Gasteiger partial charge in [-0.1, -0.05) is 6.07 Å². The fourth-order valence-corrected chi connectivity index (χ4v) is 5.82. The molecule has 0 bridgehead atoms. The number of hydrogen-bond donors (Lipinski definition) is 1. The zero-order valence-electron chi connectivity index (χ0n) is 24.8. The molecule has 11 heteroatoms. The number of amides is 2. The van der Waals surface area contributed by atoms with Gasteiger partial charge in [-0.05, 0) is 90.0 Å². The van der Waals surface area contributed by atoms with E-state index in [0.29, 0.717) is 59.0 Å². The summed E-state index contributed by atoms with van der Waals surface area (Å²) in [6, 6.07) is 7.64. The van der Waals surface area contributed by atoms with Crippen molar-refractivity contribution in [2.75, 3.05) is 25.1 Å². The lowest BCUT2D eigenvalue weighted by Crippen LogP contribution is -2.41. The van der Waals surface area contributed by atoms with E-state index in [-0.39, 0.29) is 6.54 Å². The molecule has 10 nitrogen and oxygen atoms in total. The van der Waals surface area contributed by atoms with E-state index in [4.69, 9.17) is 28.5 Å². The molecule has 2 atom stereocenters. The topological polar surface area (TPSA) is 108 Å². The molecule has 1 N–H and O–H groups in total. The van der Waals surface area contributed by atoms with Crippen LogP contribution < -0.4 is 15.5 Å². The van der Waals surface area contributed by atoms with Gasteiger partial charge in [0.25, 0.3) is 5.91 Å². The Hall–Kier alpha value is -3.15. The number of nitrogens with zero attached hydrogens (tertiary/aromatic N) is 2. The Balaban J connectivity index is 1.35. The van der Waals surface area contributed by atoms with Gasteiger partial charge in [-0.3, -0.25) is 4.79 Å². The van der Waals surface area contributed by atoms with Gasteiger partial charge in [-0.2, -0.15) is 4.98 Å². The molecule has 2 aromatic rings. The van der Waals surface area contributed by atoms with Gasteiger partial charge in [0.15, 0.2) is 0 Å². The van der Waals surface area contributed by atoms with Crippen molar-refractivity contribution >= 4 is 36.1 Å². The zero-order valence-corrected chi connectivity index (χ0v) is 24.8. The quantitative estimate of drug-likeness (QED) is 0.539. The summed E-state index contributed by atoms with van der Waals surface area (Å²) < 4.78 is 29.8. The van der Waals surface area contributed by atoms with E-state index >= 15 is 0 Å². The summed E-state index contributed by atoms with van der Waals surface area (Å²) in [6.45, 7) is 15.3. The lowest BCUT2D eigenvalue weighted by atomic mass is 9.74. The van der Waals surface area contributed by atoms with Crippen molar-refractivity contribution in [3.63, 3.8) is 0 Å². The van der Waals surface area contributed by atoms with Crippen LogP contribution in [-0.2, 0) is 25.3 Å². The van der Waals surface area contributed by atoms with E-state index in [1.807, 2.05) is 52.0 Å². The highest BCUT2D eigenvalue weighted by atomic mass is 16.7. The van der Waals surface area contributed by atoms with Gasteiger partial charge in [0.05, 0.1) is 42.2 Å². The van der Waals surface area contributed by atoms with Gasteiger partial charge in [0.2, 0.25) is 5.88 Å². The molecule has 0 saturated carbocycles. The lowest BCUT2D eigenvalue weighted by molar-refractivity contribution is 0.00578. The van der Waals surface area contributed by atoms with E-state index in [1.165, 1.54) is 0 Å². The number of rotatable bonds is 3. The van der Waals surface area contributed by atoms with Crippen molar-refractivity contribution in [1.82, 2.24) is 9.88 Å². The minimum atomic E-state index is -0.752. The number of hydrogen-bond acceptors (Lipinski definition) is 9. The van der Waals surface area contributed by atoms with Crippen molar-refractivity contribution < 1.29 is 33.1 Å². The molecule has 4 aliphatic rings. The standard InChI is InChI=1S/C30H38BN3O7/c1-28(2,3)39-27(36)34-14-20-21(31-40-29(4,5)30(6,7)41-31)9-10-22(24(20)26(34)35)32-23-11-8-19-18-12-13-37-15-17(18)16-38-25(19)33-23/h8-11,17-18H,12-16H2,1-7H3,(H,32,33). The minimum Gasteiger partial charge on any atom is -0.477 e. The van der Waals surface area contributed by atoms with Crippen molar-refractivity contribution in [3.8, 4) is 5.88 Å². The fraction of sp³-hybridized carbons (Fsp3) is 0.567. The maximum Gasteiger partial charge on any atom is 0.495 e. The molecular weight excluding hydrogens is 525 g/mol. The van der Waals surface area contributed by atoms with Crippen LogP contribution in [0.2, 0.25) is 0 Å². The average molecular weight is 563 g/mol. The third kappa shape index (κ3) is 4.98. The van der Waals surface area contributed by atoms with Crippen LogP contribution in [0, 0.1) is 5.92 Å². The predicted molar refractivity (Wildman–Crippen MR) is 153 cm³/mol. The first-order valence-corrected chi connectivity index (χ1v) is 14.3. The van der Waals surface area contributed by atoms with Crippen LogP contribution in [0.15, 0.2) is 24.3 Å². The summed E-state index contributed by atoms with van der Waals surface area (Å²) in [5, 5.41) is 3.32. The molecular formula is C30H38BN3O7. The molecule has 0 spiro atoms. The summed E-state index contributed by atoms with van der Waals surface area (Å²) in [4.78, 5) is 32.8. The molecule has 0 aliphatic carbocycles. The maximum atomic E-state index is 13.8. The number of carbonyl (C=O) groups is 2. The van der Waals surface area contributed by atoms with Crippen LogP contribution in [0.25, 0.3) is 0 Å². The van der Waals surface area contributed by atoms with E-state index in [0.717, 1.165) is 23.5 Å². The second kappa shape index (κ2) is 9.71. The van der Waals surface area contributed by atoms with Crippen LogP contribution in [-0.4, -0.2) is 65.6 Å². The van der Waals surface area contributed by atoms with Crippen LogP contribution in [0.4, 0.5) is 16.3 Å². The number of carbonyl (C=O) groups excluding carboxylic acids is 2. The van der Waals surface area contributed by atoms with E-state index in [1.54, 1.807) is 20.8 Å². The van der Waals surface area contributed by atoms with Crippen LogP contribution in [0.3, 0.4) is 0 Å². The monoisotopic (exact) mass is 563 g/mol. The molecule has 41 heavy (non-hydrogen) atoms. The summed E-state index contributed by atoms with van der Waals surface area (Å²) in [7, 11) is -0.697. The molecule has 2 saturated heterocycles. The van der Waals surface area contributed by atoms with Gasteiger partial charge in [-0.15, -0.1) is 0 Å². The second-order valence-electron chi connectivity index (χ2n) is 13.3. The highest BCUT2D eigenvalue weighted by Gasteiger charge is 2.53. The first-order chi connectivity index (χ1) is 19.2. The number of benzene rings is 1. The van der Waals surface area contributed by atoms with Crippen molar-refractivity contribution in [2.24, 2.45) is 5.92 Å². The molecule has 6 rings (SSSR count). The van der Waals surface area contributed by atoms with Crippen LogP contribution in [0.5, 0.6) is 5.88 Å². The van der Waals surface area contributed by atoms with Gasteiger partial charge in [-0.25, -0.2) is 9.69 Å². The second-order valence-corrected chi connectivity index (χ2v) is 13.3. The number of imide groups is 1. The predicted octanol–water partition coefficient (Wildman–Crippen LogP) is 4.53. The summed E-state index contributed by atoms with van der Waals surface area (Å²) in [5.41, 5.74) is 1.47. The summed E-state index contributed by atoms with van der Waals surface area (Å²) in [5.74, 6) is 1.39. The average Bonchev–Trinajstić information content (AvgIpc) is 3.35. The molecule has 5 heterocycles. The smallest absolute Gasteiger partial charge is 0.477 e. The number of aromatic nitrogens is 1. The Bertz CT molecular complexity index is 1390. The molecule has 1 aromatic heterocycles. The number of fused-ring (bicyclic) bond motifs is 4. The lowest BCUT2D eigenvalue weighted by Gasteiger charge is -2.36. The number of nitrogens with one attached hydrogen (secondary N) is 1. The first kappa shape index (κ1) is 28.0. The summed E-state index contributed by atoms with van der Waals surface area (Å²) >= 11 is 0. The number of anilines is 2. The van der Waals surface area contributed by atoms with Gasteiger partial charge >= 0.3 is 13.2 Å². The Labute approximate surface area is 241 Å². The van der Waals surface area contributed by atoms with Gasteiger partial charge < -0.3 is 28.8 Å². The molecule has 4 aliphatic heterocycles. The van der Waals surface area contributed by atoms with Crippen LogP contribution in [0.1, 0.15) is 82.3 Å². The maximum absolute atomic E-state index is 13.8. The number of ether oxygens (including phenoxy) is 3. The van der Waals surface area contributed by atoms with Crippen molar-refractivity contribution in [3.05, 3.63) is 41.0 Å². The van der Waals surface area contributed by atoms with E-state index in [9.17, 15) is 9.59 Å². The Morgan fingerprint density at radius 3 is 2.54 bits per heavy atom. The van der Waals surface area contributed by atoms with Crippen molar-refractivity contribution in [2.45, 2.75) is 84.2 Å². The SMILES string of the molecule is CC(C)(C)OC(=O)N1Cc2c(B3OC(C)(C)C(C)(C)O3)ccc(Nc3ccc4c(n3)OCC3COCCC43)c2C1=O. The minimum absolute atomic E-state index is 0.0455. The zero-order chi connectivity index (χ0) is 29.3. The normalized spacial score (nSPS) is 24.3. The Morgan fingerprint density at radius 2 is 1.83 bits per heavy atom. The molecule has 2 fully saturated rings. The molecule has 2 unspecified atom stereocenters. The van der Waals surface area contributed by atoms with Gasteiger partial charge in [0, 0.05) is 18.1 Å². The summed E-state index contributed by atoms with van der Waals surface area (Å²) in [6.07, 6.45) is 0.245. The third-order valence-corrected chi connectivity index (χ3v) is 8.71. The van der Waals surface area contributed by atoms with Crippen molar-refractivity contribution in [1.29, 1.82) is 0 Å². The Kier molecular flexibility index (Phi) is 6.63. The molecule has 1 aromatic carbocycles. The number of pyridine rings is 1. The first-order valence-electron chi connectivity index (χ1n) is 14.3.